The molecule has 0 amide bonds. The fraction of sp³-hybridized carbons (Fsp3) is 0.619. The molecule has 0 N–H and O–H groups in total. The van der Waals surface area contributed by atoms with Gasteiger partial charge in [-0.3, -0.25) is 9.59 Å². The van der Waals surface area contributed by atoms with Gasteiger partial charge < -0.3 is 9.22 Å². The Hall–Kier alpha value is -0.576. The number of piperidine rings is 1. The summed E-state index contributed by atoms with van der Waals surface area (Å²) in [6.45, 7) is 11.6. The molecule has 2 unspecified atom stereocenters. The van der Waals surface area contributed by atoms with Gasteiger partial charge in [-0.15, -0.1) is 0 Å². The smallest absolute Gasteiger partial charge is 0.314 e. The number of esters is 1. The number of likely N-dealkylation sites (tertiary alicyclic amines) is 1. The normalized spacial score (nSPS) is 22.4. The Balaban J connectivity index is 0.00000338. The van der Waals surface area contributed by atoms with Crippen molar-refractivity contribution in [2.45, 2.75) is 47.0 Å². The molecule has 4 nitrogen and oxygen atoms in total. The zero-order valence-corrected chi connectivity index (χ0v) is 19.6. The maximum atomic E-state index is 12.8. The summed E-state index contributed by atoms with van der Waals surface area (Å²) in [6.07, 6.45) is 2.35. The number of hydrogen-bond acceptors (Lipinski definition) is 3. The molecule has 1 aliphatic heterocycles. The molecule has 1 saturated heterocycles. The van der Waals surface area contributed by atoms with E-state index in [0.29, 0.717) is 24.1 Å². The second-order valence-electron chi connectivity index (χ2n) is 7.40. The second-order valence-corrected chi connectivity index (χ2v) is 7.40. The van der Waals surface area contributed by atoms with Crippen molar-refractivity contribution in [3.05, 3.63) is 34.9 Å². The van der Waals surface area contributed by atoms with Crippen LogP contribution < -0.4 is 0 Å². The minimum Gasteiger partial charge on any atom is -0.466 e. The number of carbonyl (C=O) groups excluding carboxylic acids is 2. The molecule has 0 aromatic heterocycles. The van der Waals surface area contributed by atoms with Gasteiger partial charge in [-0.05, 0) is 57.2 Å². The average Bonchev–Trinajstić information content (AvgIpc) is 2.58. The Labute approximate surface area is 183 Å². The summed E-state index contributed by atoms with van der Waals surface area (Å²) >= 11 is 0. The van der Waals surface area contributed by atoms with Gasteiger partial charge >= 0.3 is 5.97 Å². The average molecular weight is 435 g/mol. The van der Waals surface area contributed by atoms with Crippen molar-refractivity contribution in [2.75, 3.05) is 32.8 Å². The summed E-state index contributed by atoms with van der Waals surface area (Å²) in [5, 5.41) is 0. The largest absolute Gasteiger partial charge is 0.466 e. The number of Topliss-reactive ketones (excluding diaryl/α,β-unsaturated/α-hetero) is 1. The quantitative estimate of drug-likeness (QED) is 0.488. The van der Waals surface area contributed by atoms with Crippen LogP contribution in [-0.4, -0.2) is 49.0 Å². The number of ether oxygens (including phenoxy) is 1. The molecule has 1 aromatic carbocycles. The Morgan fingerprint density at radius 1 is 1.19 bits per heavy atom. The van der Waals surface area contributed by atoms with Crippen molar-refractivity contribution in [1.29, 1.82) is 0 Å². The number of rotatable bonds is 7. The van der Waals surface area contributed by atoms with Crippen LogP contribution in [0.2, 0.25) is 0 Å². The molecule has 0 aliphatic carbocycles. The van der Waals surface area contributed by atoms with Crippen LogP contribution >= 0.6 is 0 Å². The van der Waals surface area contributed by atoms with Crippen molar-refractivity contribution in [3.63, 3.8) is 0 Å². The Bertz CT molecular complexity index is 611. The topological polar surface area (TPSA) is 43.4 Å². The fourth-order valence-corrected chi connectivity index (χ4v) is 4.07. The van der Waals surface area contributed by atoms with Gasteiger partial charge in [0.05, 0.1) is 26.2 Å². The van der Waals surface area contributed by atoms with E-state index in [1.165, 1.54) is 11.1 Å². The Morgan fingerprint density at radius 2 is 1.85 bits per heavy atom. The fourth-order valence-electron chi connectivity index (χ4n) is 4.07. The van der Waals surface area contributed by atoms with Gasteiger partial charge in [-0.1, -0.05) is 18.2 Å². The molecule has 2 atom stereocenters. The van der Waals surface area contributed by atoms with Crippen LogP contribution in [0.3, 0.4) is 0 Å². The van der Waals surface area contributed by atoms with Gasteiger partial charge in [0, 0.05) is 39.1 Å². The number of carbonyl (C=O) groups is 2. The SMILES string of the molecule is CCOC(=O)C1CCC[N+](CC)(CC(=O)Cc2c(C)cccc2C)C1.[Y]. The summed E-state index contributed by atoms with van der Waals surface area (Å²) in [7, 11) is 0. The summed E-state index contributed by atoms with van der Waals surface area (Å²) in [5.41, 5.74) is 3.51. The zero-order valence-electron chi connectivity index (χ0n) is 16.7. The molecule has 0 spiro atoms. The van der Waals surface area contributed by atoms with Gasteiger partial charge in [0.15, 0.2) is 5.78 Å². The number of benzene rings is 1. The van der Waals surface area contributed by atoms with Gasteiger partial charge in [-0.2, -0.15) is 0 Å². The molecule has 5 heteroatoms. The minimum atomic E-state index is -0.0969. The molecular weight excluding hydrogens is 403 g/mol. The molecule has 1 fully saturated rings. The predicted octanol–water partition coefficient (Wildman–Crippen LogP) is 3.22. The maximum absolute atomic E-state index is 12.8. The van der Waals surface area contributed by atoms with Gasteiger partial charge in [0.1, 0.15) is 12.5 Å². The third-order valence-electron chi connectivity index (χ3n) is 5.61. The van der Waals surface area contributed by atoms with E-state index in [0.717, 1.165) is 38.0 Å². The standard InChI is InChI=1S/C21H32NO3.Y/c1-5-22(12-8-11-18(14-22)21(24)25-6-2)15-19(23)13-20-16(3)9-7-10-17(20)4;/h7,9-10,18H,5-6,8,11-15H2,1-4H3;/q+1;. The van der Waals surface area contributed by atoms with Crippen molar-refractivity contribution in [2.24, 2.45) is 5.92 Å². The number of aryl methyl sites for hydroxylation is 2. The van der Waals surface area contributed by atoms with Crippen LogP contribution in [0, 0.1) is 19.8 Å². The van der Waals surface area contributed by atoms with E-state index in [-0.39, 0.29) is 50.4 Å². The monoisotopic (exact) mass is 435 g/mol. The Morgan fingerprint density at radius 3 is 2.42 bits per heavy atom. The van der Waals surface area contributed by atoms with Gasteiger partial charge in [0.2, 0.25) is 0 Å². The third-order valence-corrected chi connectivity index (χ3v) is 5.61. The Kier molecular flexibility index (Phi) is 9.64. The van der Waals surface area contributed by atoms with E-state index >= 15 is 0 Å². The first-order chi connectivity index (χ1) is 11.9. The van der Waals surface area contributed by atoms with E-state index in [4.69, 9.17) is 4.74 Å². The molecular formula is C21H32NO3Y+. The third kappa shape index (κ3) is 5.97. The summed E-state index contributed by atoms with van der Waals surface area (Å²) in [4.78, 5) is 25.0. The van der Waals surface area contributed by atoms with Crippen LogP contribution in [0.5, 0.6) is 0 Å². The molecule has 0 bridgehead atoms. The first-order valence-electron chi connectivity index (χ1n) is 9.49. The van der Waals surface area contributed by atoms with Crippen molar-refractivity contribution in [3.8, 4) is 0 Å². The molecule has 1 heterocycles. The predicted molar refractivity (Wildman–Crippen MR) is 99.4 cm³/mol. The summed E-state index contributed by atoms with van der Waals surface area (Å²) in [5.74, 6) is 0.103. The zero-order chi connectivity index (χ0) is 18.4. The summed E-state index contributed by atoms with van der Waals surface area (Å²) in [6, 6.07) is 6.17. The molecule has 1 aromatic rings. The van der Waals surface area contributed by atoms with E-state index in [1.54, 1.807) is 0 Å². The van der Waals surface area contributed by atoms with E-state index in [9.17, 15) is 9.59 Å². The van der Waals surface area contributed by atoms with Gasteiger partial charge in [0.25, 0.3) is 0 Å². The van der Waals surface area contributed by atoms with Crippen LogP contribution in [0.4, 0.5) is 0 Å². The van der Waals surface area contributed by atoms with Crippen LogP contribution in [0.25, 0.3) is 0 Å². The number of likely N-dealkylation sites (N-methyl/N-ethyl adjacent to an activating group) is 1. The van der Waals surface area contributed by atoms with Crippen molar-refractivity contribution < 1.29 is 51.5 Å². The van der Waals surface area contributed by atoms with Gasteiger partial charge in [-0.25, -0.2) is 0 Å². The molecule has 0 saturated carbocycles. The van der Waals surface area contributed by atoms with E-state index in [2.05, 4.69) is 32.9 Å². The summed E-state index contributed by atoms with van der Waals surface area (Å²) < 4.78 is 5.93. The van der Waals surface area contributed by atoms with E-state index in [1.807, 2.05) is 13.0 Å². The van der Waals surface area contributed by atoms with Crippen LogP contribution in [0.1, 0.15) is 43.4 Å². The molecule has 26 heavy (non-hydrogen) atoms. The molecule has 2 rings (SSSR count). The second kappa shape index (κ2) is 10.7. The van der Waals surface area contributed by atoms with Crippen LogP contribution in [-0.2, 0) is 53.5 Å². The number of quaternary nitrogens is 1. The first-order valence-corrected chi connectivity index (χ1v) is 9.49. The van der Waals surface area contributed by atoms with Crippen molar-refractivity contribution in [1.82, 2.24) is 0 Å². The first kappa shape index (κ1) is 23.5. The maximum Gasteiger partial charge on any atom is 0.314 e. The molecule has 1 radical (unpaired) electrons. The van der Waals surface area contributed by atoms with E-state index < -0.39 is 0 Å². The minimum absolute atomic E-state index is 0. The van der Waals surface area contributed by atoms with Crippen LogP contribution in [0.15, 0.2) is 18.2 Å². The molecule has 1 aliphatic rings. The van der Waals surface area contributed by atoms with Crippen molar-refractivity contribution >= 4 is 11.8 Å². The number of hydrogen-bond donors (Lipinski definition) is 0. The molecule has 141 valence electrons. The number of ketones is 1. The number of nitrogens with zero attached hydrogens (tertiary/aromatic N) is 1.